The minimum atomic E-state index is -0.891. The highest BCUT2D eigenvalue weighted by atomic mass is 16.4. The molecule has 1 aliphatic heterocycles. The number of amides is 1. The number of carboxylic acid groups (broad SMARTS) is 1. The lowest BCUT2D eigenvalue weighted by Crippen LogP contribution is -2.43. The van der Waals surface area contributed by atoms with Crippen molar-refractivity contribution in [2.45, 2.75) is 32.2 Å². The maximum Gasteiger partial charge on any atom is 0.326 e. The van der Waals surface area contributed by atoms with E-state index < -0.39 is 12.0 Å². The van der Waals surface area contributed by atoms with Gasteiger partial charge in [0.25, 0.3) is 0 Å². The summed E-state index contributed by atoms with van der Waals surface area (Å²) in [5.74, 6) is -1.12. The van der Waals surface area contributed by atoms with E-state index in [1.54, 1.807) is 0 Å². The lowest BCUT2D eigenvalue weighted by molar-refractivity contribution is -0.149. The van der Waals surface area contributed by atoms with E-state index in [0.717, 1.165) is 12.0 Å². The fourth-order valence-corrected chi connectivity index (χ4v) is 2.63. The molecular weight excluding hydrogens is 242 g/mol. The van der Waals surface area contributed by atoms with Gasteiger partial charge < -0.3 is 10.0 Å². The predicted molar refractivity (Wildman–Crippen MR) is 71.7 cm³/mol. The highest BCUT2D eigenvalue weighted by Crippen LogP contribution is 2.21. The summed E-state index contributed by atoms with van der Waals surface area (Å²) >= 11 is 0. The Labute approximate surface area is 113 Å². The molecule has 1 aliphatic rings. The molecule has 0 radical (unpaired) electrons. The molecule has 1 aromatic carbocycles. The molecule has 0 bridgehead atoms. The third kappa shape index (κ3) is 3.13. The van der Waals surface area contributed by atoms with Crippen LogP contribution in [-0.2, 0) is 16.0 Å². The van der Waals surface area contributed by atoms with Crippen LogP contribution in [0, 0.1) is 5.92 Å². The number of nitrogens with zero attached hydrogens (tertiary/aromatic N) is 1. The topological polar surface area (TPSA) is 57.6 Å². The molecule has 4 nitrogen and oxygen atoms in total. The van der Waals surface area contributed by atoms with Gasteiger partial charge in [0.1, 0.15) is 6.04 Å². The van der Waals surface area contributed by atoms with Crippen LogP contribution in [0.1, 0.15) is 25.3 Å². The van der Waals surface area contributed by atoms with Crippen LogP contribution in [0.15, 0.2) is 30.3 Å². The van der Waals surface area contributed by atoms with Crippen LogP contribution in [-0.4, -0.2) is 34.5 Å². The van der Waals surface area contributed by atoms with Crippen molar-refractivity contribution in [3.05, 3.63) is 35.9 Å². The second kappa shape index (κ2) is 5.87. The molecule has 1 aromatic rings. The Balaban J connectivity index is 2.01. The van der Waals surface area contributed by atoms with Gasteiger partial charge in [-0.25, -0.2) is 4.79 Å². The predicted octanol–water partition coefficient (Wildman–Crippen LogP) is 1.94. The van der Waals surface area contributed by atoms with E-state index in [0.29, 0.717) is 19.4 Å². The molecular formula is C15H19NO3. The minimum absolute atomic E-state index is 0.0475. The molecule has 2 atom stereocenters. The molecule has 0 unspecified atom stereocenters. The first-order valence-electron chi connectivity index (χ1n) is 6.67. The van der Waals surface area contributed by atoms with Crippen LogP contribution in [0.25, 0.3) is 0 Å². The zero-order valence-electron chi connectivity index (χ0n) is 11.1. The summed E-state index contributed by atoms with van der Waals surface area (Å²) < 4.78 is 0. The molecule has 4 heteroatoms. The number of aliphatic carboxylic acids is 1. The molecule has 1 N–H and O–H groups in total. The van der Waals surface area contributed by atoms with Crippen LogP contribution in [0.5, 0.6) is 0 Å². The second-order valence-electron chi connectivity index (χ2n) is 5.12. The van der Waals surface area contributed by atoms with Crippen molar-refractivity contribution in [2.24, 2.45) is 5.92 Å². The van der Waals surface area contributed by atoms with Crippen molar-refractivity contribution in [2.75, 3.05) is 6.54 Å². The van der Waals surface area contributed by atoms with E-state index in [1.807, 2.05) is 37.3 Å². The molecule has 1 amide bonds. The van der Waals surface area contributed by atoms with Gasteiger partial charge in [-0.15, -0.1) is 0 Å². The van der Waals surface area contributed by atoms with Crippen molar-refractivity contribution in [3.63, 3.8) is 0 Å². The fourth-order valence-electron chi connectivity index (χ4n) is 2.63. The molecule has 2 rings (SSSR count). The lowest BCUT2D eigenvalue weighted by atomic mass is 9.99. The average Bonchev–Trinajstić information content (AvgIpc) is 2.88. The van der Waals surface area contributed by atoms with E-state index >= 15 is 0 Å². The van der Waals surface area contributed by atoms with E-state index in [9.17, 15) is 9.59 Å². The molecule has 0 spiro atoms. The Morgan fingerprint density at radius 3 is 2.68 bits per heavy atom. The van der Waals surface area contributed by atoms with Crippen LogP contribution in [0.4, 0.5) is 0 Å². The Morgan fingerprint density at radius 1 is 1.37 bits per heavy atom. The largest absolute Gasteiger partial charge is 0.480 e. The third-order valence-corrected chi connectivity index (χ3v) is 3.63. The van der Waals surface area contributed by atoms with Crippen LogP contribution >= 0.6 is 0 Å². The van der Waals surface area contributed by atoms with E-state index in [-0.39, 0.29) is 11.8 Å². The number of likely N-dealkylation sites (tertiary alicyclic amines) is 1. The summed E-state index contributed by atoms with van der Waals surface area (Å²) in [6.45, 7) is 2.43. The van der Waals surface area contributed by atoms with Gasteiger partial charge in [0.2, 0.25) is 5.91 Å². The van der Waals surface area contributed by atoms with E-state index in [2.05, 4.69) is 0 Å². The van der Waals surface area contributed by atoms with Crippen molar-refractivity contribution in [1.82, 2.24) is 4.90 Å². The van der Waals surface area contributed by atoms with Crippen LogP contribution < -0.4 is 0 Å². The summed E-state index contributed by atoms with van der Waals surface area (Å²) in [5, 5.41) is 9.11. The summed E-state index contributed by atoms with van der Waals surface area (Å²) in [5.41, 5.74) is 1.11. The molecule has 1 heterocycles. The van der Waals surface area contributed by atoms with Gasteiger partial charge >= 0.3 is 5.97 Å². The zero-order valence-corrected chi connectivity index (χ0v) is 11.1. The first-order chi connectivity index (χ1) is 9.09. The van der Waals surface area contributed by atoms with Crippen molar-refractivity contribution < 1.29 is 14.7 Å². The number of carboxylic acids is 1. The molecule has 1 saturated heterocycles. The average molecular weight is 261 g/mol. The van der Waals surface area contributed by atoms with E-state index in [1.165, 1.54) is 4.90 Å². The smallest absolute Gasteiger partial charge is 0.326 e. The summed E-state index contributed by atoms with van der Waals surface area (Å²) in [6.07, 6.45) is 2.00. The van der Waals surface area contributed by atoms with Gasteiger partial charge in [-0.05, 0) is 24.8 Å². The molecule has 19 heavy (non-hydrogen) atoms. The molecule has 1 fully saturated rings. The van der Waals surface area contributed by atoms with Crippen LogP contribution in [0.3, 0.4) is 0 Å². The number of carbonyl (C=O) groups is 2. The second-order valence-corrected chi connectivity index (χ2v) is 5.12. The normalized spacial score (nSPS) is 20.3. The number of hydrogen-bond donors (Lipinski definition) is 1. The first-order valence-corrected chi connectivity index (χ1v) is 6.67. The molecule has 0 aromatic heterocycles. The van der Waals surface area contributed by atoms with Gasteiger partial charge in [0, 0.05) is 12.5 Å². The van der Waals surface area contributed by atoms with Gasteiger partial charge in [-0.3, -0.25) is 4.79 Å². The fraction of sp³-hybridized carbons (Fsp3) is 0.467. The zero-order chi connectivity index (χ0) is 13.8. The van der Waals surface area contributed by atoms with Gasteiger partial charge in [0.05, 0.1) is 0 Å². The van der Waals surface area contributed by atoms with Crippen molar-refractivity contribution in [1.29, 1.82) is 0 Å². The summed E-state index contributed by atoms with van der Waals surface area (Å²) in [4.78, 5) is 25.0. The first kappa shape index (κ1) is 13.6. The number of hydrogen-bond acceptors (Lipinski definition) is 2. The Bertz CT molecular complexity index is 458. The van der Waals surface area contributed by atoms with Crippen LogP contribution in [0.2, 0.25) is 0 Å². The highest BCUT2D eigenvalue weighted by Gasteiger charge is 2.35. The maximum atomic E-state index is 12.3. The van der Waals surface area contributed by atoms with Gasteiger partial charge in [0.15, 0.2) is 0 Å². The number of carbonyl (C=O) groups excluding carboxylic acids is 1. The Morgan fingerprint density at radius 2 is 2.05 bits per heavy atom. The highest BCUT2D eigenvalue weighted by molar-refractivity contribution is 5.85. The molecule has 102 valence electrons. The minimum Gasteiger partial charge on any atom is -0.480 e. The lowest BCUT2D eigenvalue weighted by Gasteiger charge is -2.25. The summed E-state index contributed by atoms with van der Waals surface area (Å²) in [7, 11) is 0. The number of rotatable bonds is 4. The van der Waals surface area contributed by atoms with Gasteiger partial charge in [-0.2, -0.15) is 0 Å². The van der Waals surface area contributed by atoms with Crippen molar-refractivity contribution in [3.8, 4) is 0 Å². The third-order valence-electron chi connectivity index (χ3n) is 3.63. The molecule has 0 aliphatic carbocycles. The van der Waals surface area contributed by atoms with Crippen molar-refractivity contribution >= 4 is 11.9 Å². The molecule has 0 saturated carbocycles. The maximum absolute atomic E-state index is 12.3. The van der Waals surface area contributed by atoms with E-state index in [4.69, 9.17) is 5.11 Å². The Kier molecular flexibility index (Phi) is 4.20. The Hall–Kier alpha value is -1.84. The van der Waals surface area contributed by atoms with Gasteiger partial charge in [-0.1, -0.05) is 37.3 Å². The monoisotopic (exact) mass is 261 g/mol. The SMILES string of the molecule is C[C@@H](Cc1ccccc1)C(=O)N1CCC[C@H]1C(=O)O. The number of benzene rings is 1. The standard InChI is InChI=1S/C15H19NO3/c1-11(10-12-6-3-2-4-7-12)14(17)16-9-5-8-13(16)15(18)19/h2-4,6-7,11,13H,5,8-10H2,1H3,(H,18,19)/t11-,13-/m0/s1. The quantitative estimate of drug-likeness (QED) is 0.901. The summed E-state index contributed by atoms with van der Waals surface area (Å²) in [6, 6.07) is 9.18.